The Hall–Kier alpha value is -6.40. The van der Waals surface area contributed by atoms with Gasteiger partial charge in [0.25, 0.3) is 0 Å². The minimum atomic E-state index is -1.62. The zero-order chi connectivity index (χ0) is 76.8. The van der Waals surface area contributed by atoms with Crippen molar-refractivity contribution in [2.24, 2.45) is 11.8 Å². The number of hydrogen-bond acceptors (Lipinski definition) is 31. The lowest BCUT2D eigenvalue weighted by molar-refractivity contribution is -0.302. The van der Waals surface area contributed by atoms with Crippen LogP contribution in [0.25, 0.3) is 55.6 Å². The molecule has 4 aliphatic rings. The van der Waals surface area contributed by atoms with Gasteiger partial charge in [-0.3, -0.25) is 0 Å². The summed E-state index contributed by atoms with van der Waals surface area (Å²) in [6.45, 7) is -2.53. The molecule has 20 atom stereocenters. The molecule has 4 heterocycles. The van der Waals surface area contributed by atoms with Crippen LogP contribution in [0.1, 0.15) is 0 Å². The lowest BCUT2D eigenvalue weighted by Gasteiger charge is -2.39. The minimum absolute atomic E-state index is 0.0147. The first-order valence-electron chi connectivity index (χ1n) is 35.8. The van der Waals surface area contributed by atoms with Gasteiger partial charge in [-0.2, -0.15) is 0 Å². The van der Waals surface area contributed by atoms with Crippen molar-refractivity contribution in [3.05, 3.63) is 140 Å². The Morgan fingerprint density at radius 3 is 0.694 bits per heavy atom. The van der Waals surface area contributed by atoms with Crippen molar-refractivity contribution < 1.29 is 153 Å². The molecule has 0 spiro atoms. The van der Waals surface area contributed by atoms with Crippen LogP contribution in [-0.2, 0) is 56.8 Å². The van der Waals surface area contributed by atoms with E-state index in [1.54, 1.807) is 7.11 Å². The zero-order valence-corrected chi connectivity index (χ0v) is 59.5. The molecule has 0 aliphatic carbocycles. The Bertz CT molecular complexity index is 3300. The molecule has 16 N–H and O–H groups in total. The lowest BCUT2D eigenvalue weighted by Crippen LogP contribution is -2.59. The third-order valence-electron chi connectivity index (χ3n) is 19.0. The Morgan fingerprint density at radius 2 is 0.472 bits per heavy atom. The highest BCUT2D eigenvalue weighted by atomic mass is 16.7. The maximum Gasteiger partial charge on any atom is 0.186 e. The third kappa shape index (κ3) is 22.5. The molecule has 0 aromatic heterocycles. The largest absolute Gasteiger partial charge is 0.497 e. The Labute approximate surface area is 623 Å². The molecule has 0 amide bonds. The van der Waals surface area contributed by atoms with E-state index >= 15 is 0 Å². The van der Waals surface area contributed by atoms with Crippen molar-refractivity contribution >= 4 is 0 Å². The summed E-state index contributed by atoms with van der Waals surface area (Å²) in [7, 11) is 1.63. The van der Waals surface area contributed by atoms with Crippen LogP contribution in [0, 0.1) is 11.8 Å². The highest BCUT2D eigenvalue weighted by molar-refractivity contribution is 5.82. The normalized spacial score (nSPS) is 28.8. The van der Waals surface area contributed by atoms with Crippen LogP contribution in [0.5, 0.6) is 17.2 Å². The van der Waals surface area contributed by atoms with E-state index in [1.807, 2.05) is 72.8 Å². The first-order valence-corrected chi connectivity index (χ1v) is 35.8. The summed E-state index contributed by atoms with van der Waals surface area (Å²) in [6, 6.07) is 46.0. The summed E-state index contributed by atoms with van der Waals surface area (Å²) >= 11 is 0. The summed E-state index contributed by atoms with van der Waals surface area (Å²) < 4.78 is 86.1. The van der Waals surface area contributed by atoms with Gasteiger partial charge in [-0.25, -0.2) is 0 Å². The molecule has 0 radical (unpaired) electrons. The number of hydrogen-bond donors (Lipinski definition) is 16. The zero-order valence-electron chi connectivity index (χ0n) is 59.5. The highest BCUT2D eigenvalue weighted by Gasteiger charge is 2.47. The molecule has 10 rings (SSSR count). The Morgan fingerprint density at radius 1 is 0.259 bits per heavy atom. The number of methoxy groups -OCH3 is 1. The number of aliphatic hydroxyl groups excluding tert-OH is 16. The van der Waals surface area contributed by atoms with E-state index in [9.17, 15) is 81.7 Å². The fraction of sp³-hybridized carbons (Fsp3) is 0.532. The van der Waals surface area contributed by atoms with E-state index in [1.165, 1.54) is 0 Å². The van der Waals surface area contributed by atoms with Crippen LogP contribution in [0.3, 0.4) is 0 Å². The van der Waals surface area contributed by atoms with Crippen LogP contribution in [0.4, 0.5) is 0 Å². The summed E-state index contributed by atoms with van der Waals surface area (Å²) in [5.74, 6) is 0.969. The van der Waals surface area contributed by atoms with Gasteiger partial charge in [0, 0.05) is 11.8 Å². The van der Waals surface area contributed by atoms with E-state index in [0.717, 1.165) is 61.4 Å². The van der Waals surface area contributed by atoms with Crippen LogP contribution < -0.4 is 14.2 Å². The van der Waals surface area contributed by atoms with Crippen LogP contribution in [-0.4, -0.2) is 331 Å². The molecular formula is C77H100O31. The average molecular weight is 1520 g/mol. The van der Waals surface area contributed by atoms with Crippen LogP contribution >= 0.6 is 0 Å². The fourth-order valence-corrected chi connectivity index (χ4v) is 12.5. The van der Waals surface area contributed by atoms with Crippen molar-refractivity contribution in [3.8, 4) is 72.9 Å². The van der Waals surface area contributed by atoms with Gasteiger partial charge in [0.1, 0.15) is 115 Å². The Kier molecular flexibility index (Phi) is 32.5. The molecule has 0 saturated carbocycles. The molecule has 4 saturated heterocycles. The molecule has 31 nitrogen and oxygen atoms in total. The summed E-state index contributed by atoms with van der Waals surface area (Å²) in [5.41, 5.74) is 9.53. The molecule has 4 aliphatic heterocycles. The van der Waals surface area contributed by atoms with E-state index in [-0.39, 0.29) is 92.5 Å². The summed E-state index contributed by atoms with van der Waals surface area (Å²) in [5, 5.41) is 162. The molecule has 0 unspecified atom stereocenters. The number of rotatable bonds is 40. The van der Waals surface area contributed by atoms with Crippen molar-refractivity contribution in [3.63, 3.8) is 0 Å². The molecule has 108 heavy (non-hydrogen) atoms. The summed E-state index contributed by atoms with van der Waals surface area (Å²) in [6.07, 6.45) is -29.2. The second-order valence-corrected chi connectivity index (χ2v) is 26.7. The molecule has 6 aromatic rings. The molecular weight excluding hydrogens is 1420 g/mol. The third-order valence-corrected chi connectivity index (χ3v) is 19.0. The van der Waals surface area contributed by atoms with Crippen molar-refractivity contribution in [1.29, 1.82) is 0 Å². The van der Waals surface area contributed by atoms with Crippen molar-refractivity contribution in [1.82, 2.24) is 0 Å². The van der Waals surface area contributed by atoms with Gasteiger partial charge in [-0.05, 0) is 110 Å². The predicted molar refractivity (Wildman–Crippen MR) is 380 cm³/mol. The summed E-state index contributed by atoms with van der Waals surface area (Å²) in [4.78, 5) is 0. The SMILES string of the molecule is COc1ccc(-c2ccc(-c3ccc(-c4cc(-c5ccc(OCC(COCCO[C@H]6O[C@H](CO)[C@@H](O)[C@H](O)[C@@H]6O)COCCO[C@H]6O[C@H](CO)[C@@H](O)[C@H](O)[C@@H]6O)cc5)cc(-c5ccc(OCC(COCCO[C@H]6O[C@H](CO)[C@@H](O)[C@H](O)[C@@H]6O)COCCO[C@H]6O[C@H](CO)[C@@H](O)[C@H](O)[C@@H]6O)cc5)c4)cc3)cc2)cc1. The van der Waals surface area contributed by atoms with Crippen molar-refractivity contribution in [2.45, 2.75) is 123 Å². The standard InChI is InChI=1S/C77H100O31/c1-94-55-16-10-48(11-17-55)47-4-2-45(3-5-47)46-6-8-49(9-7-46)52-30-53(50-12-18-56(19-13-50)103-41-43(37-95-22-26-99-74-70(90)66(86)62(82)58(33-78)105-74)38-96-23-27-100-75-71(91)67(87)63(83)59(34-79)106-75)32-54(31-52)51-14-20-57(21-15-51)104-42-44(39-97-24-28-101-76-72(92)68(88)64(84)60(35-80)107-76)40-98-25-29-102-77-73(93)69(89)65(85)61(36-81)108-77/h2-21,30-32,43-44,58-93H,22-29,33-42H2,1H3/t58-,59-,60-,61-,62-,63-,64-,65-,66+,67+,68+,69+,70+,71+,72+,73+,74+,75+,76+,77+/m1/s1. The second-order valence-electron chi connectivity index (χ2n) is 26.7. The van der Waals surface area contributed by atoms with Gasteiger partial charge in [0.05, 0.1) is 126 Å². The minimum Gasteiger partial charge on any atom is -0.497 e. The van der Waals surface area contributed by atoms with E-state index < -0.39 is 161 Å². The number of aliphatic hydroxyl groups is 16. The van der Waals surface area contributed by atoms with Gasteiger partial charge < -0.3 is 153 Å². The number of ether oxygens (including phenoxy) is 15. The predicted octanol–water partition coefficient (Wildman–Crippen LogP) is -0.647. The first-order chi connectivity index (χ1) is 52.3. The maximum atomic E-state index is 10.5. The molecule has 6 aromatic carbocycles. The van der Waals surface area contributed by atoms with E-state index in [4.69, 9.17) is 71.1 Å². The topological polar surface area (TPSA) is 462 Å². The van der Waals surface area contributed by atoms with E-state index in [0.29, 0.717) is 11.5 Å². The number of benzene rings is 6. The first kappa shape index (κ1) is 84.1. The average Bonchev–Trinajstić information content (AvgIpc) is 0.783. The van der Waals surface area contributed by atoms with E-state index in [2.05, 4.69) is 66.7 Å². The van der Waals surface area contributed by atoms with Crippen LogP contribution in [0.2, 0.25) is 0 Å². The molecule has 0 bridgehead atoms. The Balaban J connectivity index is 0.824. The van der Waals surface area contributed by atoms with Gasteiger partial charge in [-0.15, -0.1) is 0 Å². The van der Waals surface area contributed by atoms with Crippen LogP contribution in [0.15, 0.2) is 140 Å². The van der Waals surface area contributed by atoms with Gasteiger partial charge in [0.15, 0.2) is 25.2 Å². The molecule has 594 valence electrons. The quantitative estimate of drug-likeness (QED) is 0.0213. The van der Waals surface area contributed by atoms with Gasteiger partial charge >= 0.3 is 0 Å². The molecule has 4 fully saturated rings. The maximum absolute atomic E-state index is 10.5. The molecule has 31 heteroatoms. The van der Waals surface area contributed by atoms with Gasteiger partial charge in [0.2, 0.25) is 0 Å². The fourth-order valence-electron chi connectivity index (χ4n) is 12.5. The second kappa shape index (κ2) is 41.8. The lowest BCUT2D eigenvalue weighted by atomic mass is 9.92. The highest BCUT2D eigenvalue weighted by Crippen LogP contribution is 2.37. The van der Waals surface area contributed by atoms with Crippen molar-refractivity contribution in [2.75, 3.05) is 126 Å². The smallest absolute Gasteiger partial charge is 0.186 e. The monoisotopic (exact) mass is 1520 g/mol. The van der Waals surface area contributed by atoms with Gasteiger partial charge in [-0.1, -0.05) is 84.9 Å².